The maximum atomic E-state index is 13.0. The average Bonchev–Trinajstić information content (AvgIpc) is 2.62. The standard InChI is InChI=1S/C20H21NO3S/c1-14-19(15-7-3-2-4-8-15)21(11-12-25-14)18(22)13-16-9-5-6-10-17(16)20(23)24/h2-10,14,19H,11-13H2,1H3,(H,23,24). The second kappa shape index (κ2) is 7.74. The van der Waals surface area contributed by atoms with E-state index in [9.17, 15) is 14.7 Å². The first-order valence-corrected chi connectivity index (χ1v) is 9.40. The molecule has 2 unspecified atom stereocenters. The zero-order chi connectivity index (χ0) is 17.8. The Morgan fingerprint density at radius 2 is 1.80 bits per heavy atom. The molecule has 0 bridgehead atoms. The van der Waals surface area contributed by atoms with Gasteiger partial charge < -0.3 is 10.0 Å². The molecule has 2 aromatic carbocycles. The van der Waals surface area contributed by atoms with Crippen LogP contribution < -0.4 is 0 Å². The molecule has 0 radical (unpaired) electrons. The third kappa shape index (κ3) is 3.87. The lowest BCUT2D eigenvalue weighted by atomic mass is 9.99. The van der Waals surface area contributed by atoms with E-state index in [-0.39, 0.29) is 23.9 Å². The van der Waals surface area contributed by atoms with Crippen LogP contribution in [0.5, 0.6) is 0 Å². The molecule has 4 nitrogen and oxygen atoms in total. The van der Waals surface area contributed by atoms with Gasteiger partial charge in [0.2, 0.25) is 5.91 Å². The largest absolute Gasteiger partial charge is 0.478 e. The molecule has 0 saturated carbocycles. The third-order valence-electron chi connectivity index (χ3n) is 4.54. The van der Waals surface area contributed by atoms with Gasteiger partial charge in [-0.1, -0.05) is 55.5 Å². The van der Waals surface area contributed by atoms with Crippen LogP contribution in [-0.4, -0.2) is 39.4 Å². The molecule has 130 valence electrons. The minimum Gasteiger partial charge on any atom is -0.478 e. The SMILES string of the molecule is CC1SCCN(C(=O)Cc2ccccc2C(=O)O)C1c1ccccc1. The normalized spacial score (nSPS) is 20.3. The molecule has 0 spiro atoms. The van der Waals surface area contributed by atoms with Crippen molar-refractivity contribution in [1.29, 1.82) is 0 Å². The van der Waals surface area contributed by atoms with E-state index in [1.54, 1.807) is 24.3 Å². The minimum absolute atomic E-state index is 0.0180. The lowest BCUT2D eigenvalue weighted by Gasteiger charge is -2.40. The maximum absolute atomic E-state index is 13.0. The van der Waals surface area contributed by atoms with E-state index < -0.39 is 5.97 Å². The molecule has 1 N–H and O–H groups in total. The monoisotopic (exact) mass is 355 g/mol. The first-order chi connectivity index (χ1) is 12.1. The van der Waals surface area contributed by atoms with Crippen molar-refractivity contribution in [3.05, 3.63) is 71.3 Å². The fourth-order valence-corrected chi connectivity index (χ4v) is 4.51. The Kier molecular flexibility index (Phi) is 5.43. The number of benzene rings is 2. The van der Waals surface area contributed by atoms with Crippen molar-refractivity contribution in [1.82, 2.24) is 4.90 Å². The predicted molar refractivity (Wildman–Crippen MR) is 99.9 cm³/mol. The van der Waals surface area contributed by atoms with E-state index in [4.69, 9.17) is 0 Å². The molecule has 1 fully saturated rings. The number of aromatic carboxylic acids is 1. The van der Waals surface area contributed by atoms with E-state index in [1.165, 1.54) is 0 Å². The lowest BCUT2D eigenvalue weighted by Crippen LogP contribution is -2.44. The number of rotatable bonds is 4. The summed E-state index contributed by atoms with van der Waals surface area (Å²) in [5, 5.41) is 9.63. The van der Waals surface area contributed by atoms with Crippen LogP contribution in [0.1, 0.15) is 34.5 Å². The summed E-state index contributed by atoms with van der Waals surface area (Å²) in [6.07, 6.45) is 0.114. The highest BCUT2D eigenvalue weighted by atomic mass is 32.2. The Morgan fingerprint density at radius 3 is 2.52 bits per heavy atom. The molecule has 1 amide bonds. The van der Waals surface area contributed by atoms with Gasteiger partial charge in [0.1, 0.15) is 0 Å². The van der Waals surface area contributed by atoms with Crippen molar-refractivity contribution in [3.8, 4) is 0 Å². The Morgan fingerprint density at radius 1 is 1.12 bits per heavy atom. The summed E-state index contributed by atoms with van der Waals surface area (Å²) in [5.74, 6) is -0.114. The van der Waals surface area contributed by atoms with Crippen LogP contribution in [-0.2, 0) is 11.2 Å². The van der Waals surface area contributed by atoms with Crippen LogP contribution in [0.15, 0.2) is 54.6 Å². The summed E-state index contributed by atoms with van der Waals surface area (Å²) < 4.78 is 0. The molecule has 3 rings (SSSR count). The van der Waals surface area contributed by atoms with E-state index >= 15 is 0 Å². The number of hydrogen-bond acceptors (Lipinski definition) is 3. The molecular formula is C20H21NO3S. The zero-order valence-corrected chi connectivity index (χ0v) is 14.9. The summed E-state index contributed by atoms with van der Waals surface area (Å²) in [7, 11) is 0. The highest BCUT2D eigenvalue weighted by Crippen LogP contribution is 2.36. The van der Waals surface area contributed by atoms with Crippen LogP contribution in [0.25, 0.3) is 0 Å². The predicted octanol–water partition coefficient (Wildman–Crippen LogP) is 3.63. The lowest BCUT2D eigenvalue weighted by molar-refractivity contribution is -0.132. The zero-order valence-electron chi connectivity index (χ0n) is 14.1. The highest BCUT2D eigenvalue weighted by Gasteiger charge is 2.33. The molecule has 1 saturated heterocycles. The third-order valence-corrected chi connectivity index (χ3v) is 5.75. The van der Waals surface area contributed by atoms with Crippen LogP contribution in [0, 0.1) is 0 Å². The number of nitrogens with zero attached hydrogens (tertiary/aromatic N) is 1. The Balaban J connectivity index is 1.86. The average molecular weight is 355 g/mol. The van der Waals surface area contributed by atoms with Crippen LogP contribution in [0.4, 0.5) is 0 Å². The highest BCUT2D eigenvalue weighted by molar-refractivity contribution is 8.00. The smallest absolute Gasteiger partial charge is 0.335 e. The van der Waals surface area contributed by atoms with Gasteiger partial charge in [-0.15, -0.1) is 0 Å². The summed E-state index contributed by atoms with van der Waals surface area (Å²) in [4.78, 5) is 26.3. The van der Waals surface area contributed by atoms with Crippen molar-refractivity contribution in [2.45, 2.75) is 24.6 Å². The molecule has 2 aromatic rings. The Bertz CT molecular complexity index is 763. The summed E-state index contributed by atoms with van der Waals surface area (Å²) in [6.45, 7) is 2.83. The number of amides is 1. The quantitative estimate of drug-likeness (QED) is 0.910. The molecule has 5 heteroatoms. The van der Waals surface area contributed by atoms with Gasteiger partial charge >= 0.3 is 5.97 Å². The van der Waals surface area contributed by atoms with Gasteiger partial charge in [0.25, 0.3) is 0 Å². The number of carbonyl (C=O) groups excluding carboxylic acids is 1. The fraction of sp³-hybridized carbons (Fsp3) is 0.300. The first-order valence-electron chi connectivity index (χ1n) is 8.35. The topological polar surface area (TPSA) is 57.6 Å². The molecule has 0 aromatic heterocycles. The molecule has 1 aliphatic rings. The Labute approximate surface area is 151 Å². The van der Waals surface area contributed by atoms with Gasteiger partial charge in [-0.2, -0.15) is 11.8 Å². The van der Waals surface area contributed by atoms with Crippen molar-refractivity contribution in [3.63, 3.8) is 0 Å². The number of thioether (sulfide) groups is 1. The molecule has 2 atom stereocenters. The molecule has 0 aliphatic carbocycles. The van der Waals surface area contributed by atoms with Crippen LogP contribution in [0.2, 0.25) is 0 Å². The molecule has 1 heterocycles. The second-order valence-corrected chi connectivity index (χ2v) is 7.64. The van der Waals surface area contributed by atoms with Gasteiger partial charge in [-0.25, -0.2) is 4.79 Å². The summed E-state index contributed by atoms with van der Waals surface area (Å²) in [5.41, 5.74) is 1.89. The first kappa shape index (κ1) is 17.5. The van der Waals surface area contributed by atoms with Crippen molar-refractivity contribution >= 4 is 23.6 Å². The minimum atomic E-state index is -0.995. The molecule has 25 heavy (non-hydrogen) atoms. The van der Waals surface area contributed by atoms with E-state index in [0.717, 1.165) is 11.3 Å². The molecular weight excluding hydrogens is 334 g/mol. The van der Waals surface area contributed by atoms with Crippen LogP contribution in [0.3, 0.4) is 0 Å². The van der Waals surface area contributed by atoms with Gasteiger partial charge in [0.05, 0.1) is 18.0 Å². The van der Waals surface area contributed by atoms with Gasteiger partial charge in [0, 0.05) is 17.5 Å². The van der Waals surface area contributed by atoms with E-state index in [1.807, 2.05) is 34.9 Å². The number of hydrogen-bond donors (Lipinski definition) is 1. The van der Waals surface area contributed by atoms with Gasteiger partial charge in [0.15, 0.2) is 0 Å². The maximum Gasteiger partial charge on any atom is 0.335 e. The second-order valence-electron chi connectivity index (χ2n) is 6.16. The summed E-state index contributed by atoms with van der Waals surface area (Å²) >= 11 is 1.87. The molecule has 1 aliphatic heterocycles. The van der Waals surface area contributed by atoms with Gasteiger partial charge in [-0.05, 0) is 17.2 Å². The van der Waals surface area contributed by atoms with Crippen molar-refractivity contribution < 1.29 is 14.7 Å². The van der Waals surface area contributed by atoms with Crippen LogP contribution >= 0.6 is 11.8 Å². The number of carbonyl (C=O) groups is 2. The van der Waals surface area contributed by atoms with E-state index in [2.05, 4.69) is 19.1 Å². The van der Waals surface area contributed by atoms with Gasteiger partial charge in [-0.3, -0.25) is 4.79 Å². The fourth-order valence-electron chi connectivity index (χ4n) is 3.35. The number of carboxylic acids is 1. The Hall–Kier alpha value is -2.27. The number of carboxylic acid groups (broad SMARTS) is 1. The summed E-state index contributed by atoms with van der Waals surface area (Å²) in [6, 6.07) is 16.8. The van der Waals surface area contributed by atoms with Crippen molar-refractivity contribution in [2.75, 3.05) is 12.3 Å². The van der Waals surface area contributed by atoms with Crippen molar-refractivity contribution in [2.24, 2.45) is 0 Å². The van der Waals surface area contributed by atoms with E-state index in [0.29, 0.717) is 17.4 Å².